The second-order valence-corrected chi connectivity index (χ2v) is 17.0. The third-order valence-corrected chi connectivity index (χ3v) is 13.8. The smallest absolute Gasteiger partial charge is 0.123 e. The lowest BCUT2D eigenvalue weighted by Crippen LogP contribution is -2.52. The molecule has 0 amide bonds. The molecule has 49 heavy (non-hydrogen) atoms. The molecule has 2 saturated carbocycles. The lowest BCUT2D eigenvalue weighted by Gasteiger charge is -2.45. The molecule has 4 fully saturated rings. The average molecular weight is 723 g/mol. The fourth-order valence-electron chi connectivity index (χ4n) is 9.43. The minimum Gasteiger partial charge on any atom is -0.487 e. The van der Waals surface area contributed by atoms with Crippen molar-refractivity contribution in [1.29, 1.82) is 5.26 Å². The van der Waals surface area contributed by atoms with E-state index >= 15 is 0 Å². The minimum atomic E-state index is 0.00144. The van der Waals surface area contributed by atoms with Crippen molar-refractivity contribution in [2.45, 2.75) is 114 Å². The molecule has 0 bridgehead atoms. The topological polar surface area (TPSA) is 48.7 Å². The van der Waals surface area contributed by atoms with E-state index in [4.69, 9.17) is 14.7 Å². The molecule has 3 aromatic carbocycles. The Bertz CT molecular complexity index is 1670. The van der Waals surface area contributed by atoms with E-state index in [0.29, 0.717) is 5.56 Å². The van der Waals surface area contributed by atoms with Gasteiger partial charge in [-0.1, -0.05) is 47.0 Å². The Kier molecular flexibility index (Phi) is 9.31. The van der Waals surface area contributed by atoms with Gasteiger partial charge in [-0.05, 0) is 116 Å². The van der Waals surface area contributed by atoms with E-state index in [0.717, 1.165) is 84.2 Å². The molecule has 4 heterocycles. The first-order valence-corrected chi connectivity index (χ1v) is 19.9. The number of fused-ring (bicyclic) bond motifs is 2. The Hall–Kier alpha value is -2.85. The highest BCUT2D eigenvalue weighted by atomic mass is 79.9. The van der Waals surface area contributed by atoms with Crippen LogP contribution in [0.3, 0.4) is 0 Å². The quantitative estimate of drug-likeness (QED) is 0.263. The summed E-state index contributed by atoms with van der Waals surface area (Å²) in [6.45, 7) is 9.58. The molecule has 6 heteroatoms. The zero-order chi connectivity index (χ0) is 33.6. The van der Waals surface area contributed by atoms with E-state index in [-0.39, 0.29) is 11.2 Å². The Morgan fingerprint density at radius 1 is 0.673 bits per heavy atom. The highest BCUT2D eigenvalue weighted by Gasteiger charge is 2.45. The van der Waals surface area contributed by atoms with Crippen molar-refractivity contribution in [3.05, 3.63) is 81.8 Å². The highest BCUT2D eigenvalue weighted by molar-refractivity contribution is 9.10. The van der Waals surface area contributed by atoms with Crippen molar-refractivity contribution in [1.82, 2.24) is 9.80 Å². The van der Waals surface area contributed by atoms with Gasteiger partial charge in [0, 0.05) is 81.3 Å². The van der Waals surface area contributed by atoms with Crippen molar-refractivity contribution in [2.75, 3.05) is 26.2 Å². The molecule has 2 atom stereocenters. The molecular weight excluding hydrogens is 670 g/mol. The van der Waals surface area contributed by atoms with Gasteiger partial charge in [0.1, 0.15) is 22.7 Å². The first-order valence-electron chi connectivity index (χ1n) is 19.1. The van der Waals surface area contributed by atoms with Crippen molar-refractivity contribution in [3.8, 4) is 28.7 Å². The van der Waals surface area contributed by atoms with Gasteiger partial charge in [0.05, 0.1) is 11.6 Å². The van der Waals surface area contributed by atoms with Gasteiger partial charge in [-0.15, -0.1) is 0 Å². The molecule has 0 N–H and O–H groups in total. The lowest BCUT2D eigenvalue weighted by molar-refractivity contribution is -0.00870. The van der Waals surface area contributed by atoms with Gasteiger partial charge in [0.15, 0.2) is 0 Å². The largest absolute Gasteiger partial charge is 0.487 e. The van der Waals surface area contributed by atoms with E-state index in [1.165, 1.54) is 81.1 Å². The molecule has 2 saturated heterocycles. The zero-order valence-corrected chi connectivity index (χ0v) is 31.0. The Labute approximate surface area is 302 Å². The molecule has 9 rings (SSSR count). The van der Waals surface area contributed by atoms with Crippen molar-refractivity contribution < 1.29 is 9.47 Å². The average Bonchev–Trinajstić information content (AvgIpc) is 3.60. The second kappa shape index (κ2) is 13.7. The van der Waals surface area contributed by atoms with E-state index in [1.54, 1.807) is 0 Å². The summed E-state index contributed by atoms with van der Waals surface area (Å²) in [7, 11) is 0. The number of nitriles is 1. The van der Waals surface area contributed by atoms with Gasteiger partial charge in [-0.2, -0.15) is 5.26 Å². The summed E-state index contributed by atoms with van der Waals surface area (Å²) < 4.78 is 14.1. The monoisotopic (exact) mass is 721 g/mol. The summed E-state index contributed by atoms with van der Waals surface area (Å²) in [4.78, 5) is 5.40. The van der Waals surface area contributed by atoms with Crippen LogP contribution in [0.4, 0.5) is 0 Å². The Morgan fingerprint density at radius 2 is 1.14 bits per heavy atom. The SMILES string of the molecule is CC(C1CCC1)N1CCC2(CC1)Cc1cc(-c3ccc(C#N)cc3)ccc1O2.CC(C1CCC1)N1CCC2(CC1)Cc1cc(Br)ccc1O2. The lowest BCUT2D eigenvalue weighted by atomic mass is 9.78. The molecular formula is C43H52BrN3O2. The Morgan fingerprint density at radius 3 is 1.61 bits per heavy atom. The molecule has 0 radical (unpaired) electrons. The molecule has 5 nitrogen and oxygen atoms in total. The van der Waals surface area contributed by atoms with E-state index in [2.05, 4.69) is 82.0 Å². The van der Waals surface area contributed by atoms with Crippen LogP contribution in [0.25, 0.3) is 11.1 Å². The van der Waals surface area contributed by atoms with Crippen molar-refractivity contribution in [2.24, 2.45) is 11.8 Å². The standard InChI is InChI=1S/C25H28N2O.C18H24BrNO/c1-18(20-3-2-4-20)27-13-11-25(12-14-27)16-23-15-22(9-10-24(23)28-25)21-7-5-19(17-26)6-8-21;1-13(14-3-2-4-14)20-9-7-18(8-10-20)12-15-11-16(19)5-6-17(15)21-18/h5-10,15,18,20H,2-4,11-14,16H2,1H3;5-6,11,13-14H,2-4,7-10,12H2,1H3. The number of piperidine rings is 2. The first kappa shape index (κ1) is 33.3. The summed E-state index contributed by atoms with van der Waals surface area (Å²) in [5.41, 5.74) is 5.87. The van der Waals surface area contributed by atoms with Gasteiger partial charge in [0.25, 0.3) is 0 Å². The molecule has 2 aliphatic carbocycles. The van der Waals surface area contributed by atoms with Crippen LogP contribution in [-0.4, -0.2) is 59.3 Å². The van der Waals surface area contributed by atoms with Crippen LogP contribution >= 0.6 is 15.9 Å². The maximum absolute atomic E-state index is 9.00. The van der Waals surface area contributed by atoms with Crippen LogP contribution in [0.2, 0.25) is 0 Å². The third-order valence-electron chi connectivity index (χ3n) is 13.3. The highest BCUT2D eigenvalue weighted by Crippen LogP contribution is 2.45. The Balaban J connectivity index is 0.000000148. The third kappa shape index (κ3) is 6.80. The van der Waals surface area contributed by atoms with Gasteiger partial charge in [0.2, 0.25) is 0 Å². The van der Waals surface area contributed by atoms with Gasteiger partial charge < -0.3 is 19.3 Å². The molecule has 6 aliphatic rings. The molecule has 0 aromatic heterocycles. The van der Waals surface area contributed by atoms with Gasteiger partial charge >= 0.3 is 0 Å². The second-order valence-electron chi connectivity index (χ2n) is 16.1. The van der Waals surface area contributed by atoms with E-state index in [9.17, 15) is 0 Å². The summed E-state index contributed by atoms with van der Waals surface area (Å²) in [5, 5.41) is 9.00. The fraction of sp³-hybridized carbons (Fsp3) is 0.558. The molecule has 3 aromatic rings. The predicted molar refractivity (Wildman–Crippen MR) is 200 cm³/mol. The zero-order valence-electron chi connectivity index (χ0n) is 29.4. The van der Waals surface area contributed by atoms with Gasteiger partial charge in [-0.25, -0.2) is 0 Å². The van der Waals surface area contributed by atoms with Crippen molar-refractivity contribution in [3.63, 3.8) is 0 Å². The first-order chi connectivity index (χ1) is 23.8. The van der Waals surface area contributed by atoms with E-state index < -0.39 is 0 Å². The maximum atomic E-state index is 9.00. The number of nitrogens with zero attached hydrogens (tertiary/aromatic N) is 3. The number of hydrogen-bond acceptors (Lipinski definition) is 5. The van der Waals surface area contributed by atoms with Crippen LogP contribution in [0.5, 0.6) is 11.5 Å². The number of benzene rings is 3. The summed E-state index contributed by atoms with van der Waals surface area (Å²) >= 11 is 3.57. The number of hydrogen-bond donors (Lipinski definition) is 0. The van der Waals surface area contributed by atoms with Crippen LogP contribution in [0, 0.1) is 23.2 Å². The number of halogens is 1. The predicted octanol–water partition coefficient (Wildman–Crippen LogP) is 9.59. The van der Waals surface area contributed by atoms with Gasteiger partial charge in [-0.3, -0.25) is 0 Å². The summed E-state index contributed by atoms with van der Waals surface area (Å²) in [6.07, 6.45) is 15.3. The minimum absolute atomic E-state index is 0.00144. The van der Waals surface area contributed by atoms with Crippen LogP contribution in [0.1, 0.15) is 94.7 Å². The van der Waals surface area contributed by atoms with Crippen molar-refractivity contribution >= 4 is 15.9 Å². The molecule has 2 spiro atoms. The number of ether oxygens (including phenoxy) is 2. The summed E-state index contributed by atoms with van der Waals surface area (Å²) in [6, 6.07) is 24.6. The number of rotatable bonds is 5. The van der Waals surface area contributed by atoms with Crippen LogP contribution in [-0.2, 0) is 12.8 Å². The maximum Gasteiger partial charge on any atom is 0.123 e. The van der Waals surface area contributed by atoms with Crippen LogP contribution in [0.15, 0.2) is 65.1 Å². The normalized spacial score (nSPS) is 23.9. The van der Waals surface area contributed by atoms with Crippen LogP contribution < -0.4 is 9.47 Å². The number of likely N-dealkylation sites (tertiary alicyclic amines) is 2. The molecule has 258 valence electrons. The van der Waals surface area contributed by atoms with E-state index in [1.807, 2.05) is 24.3 Å². The summed E-state index contributed by atoms with van der Waals surface area (Å²) in [5.74, 6) is 4.05. The fourth-order valence-corrected chi connectivity index (χ4v) is 9.84. The molecule has 4 aliphatic heterocycles. The molecule has 2 unspecified atom stereocenters.